The van der Waals surface area contributed by atoms with Crippen LogP contribution in [0.1, 0.15) is 0 Å². The zero-order chi connectivity index (χ0) is 13.5. The number of hydrogen-bond donors (Lipinski definition) is 4. The van der Waals surface area contributed by atoms with E-state index in [1.165, 1.54) is 7.11 Å². The maximum absolute atomic E-state index is 11.6. The van der Waals surface area contributed by atoms with Gasteiger partial charge in [-0.05, 0) is 12.1 Å². The van der Waals surface area contributed by atoms with Crippen LogP contribution in [0.3, 0.4) is 0 Å². The summed E-state index contributed by atoms with van der Waals surface area (Å²) in [7, 11) is 1.35. The second-order valence-electron chi connectivity index (χ2n) is 3.53. The van der Waals surface area contributed by atoms with E-state index in [1.54, 1.807) is 24.3 Å². The van der Waals surface area contributed by atoms with Crippen molar-refractivity contribution < 1.29 is 19.4 Å². The van der Waals surface area contributed by atoms with Gasteiger partial charge in [0.1, 0.15) is 0 Å². The first kappa shape index (κ1) is 13.8. The van der Waals surface area contributed by atoms with Crippen LogP contribution >= 0.6 is 0 Å². The van der Waals surface area contributed by atoms with Crippen LogP contribution < -0.4 is 16.4 Å². The highest BCUT2D eigenvalue weighted by Crippen LogP contribution is 2.16. The topological polar surface area (TPSA) is 114 Å². The molecule has 7 nitrogen and oxygen atoms in total. The fraction of sp³-hybridized carbons (Fsp3) is 0.273. The molecule has 0 aliphatic carbocycles. The van der Waals surface area contributed by atoms with Crippen LogP contribution in [0.25, 0.3) is 0 Å². The maximum atomic E-state index is 11.6. The molecule has 0 fully saturated rings. The van der Waals surface area contributed by atoms with E-state index in [-0.39, 0.29) is 6.61 Å². The molecular weight excluding hydrogens is 238 g/mol. The summed E-state index contributed by atoms with van der Waals surface area (Å²) in [5, 5.41) is 13.5. The van der Waals surface area contributed by atoms with Crippen molar-refractivity contribution in [2.75, 3.05) is 24.8 Å². The number of carboxylic acids is 1. The van der Waals surface area contributed by atoms with Crippen molar-refractivity contribution in [3.05, 3.63) is 24.3 Å². The van der Waals surface area contributed by atoms with Crippen molar-refractivity contribution in [1.29, 1.82) is 0 Å². The van der Waals surface area contributed by atoms with Gasteiger partial charge in [-0.15, -0.1) is 0 Å². The Morgan fingerprint density at radius 3 is 2.67 bits per heavy atom. The first-order chi connectivity index (χ1) is 8.54. The Kier molecular flexibility index (Phi) is 4.94. The van der Waals surface area contributed by atoms with Gasteiger partial charge in [-0.1, -0.05) is 12.1 Å². The number of nitrogens with two attached hydrogens (primary N) is 1. The summed E-state index contributed by atoms with van der Waals surface area (Å²) < 4.78 is 4.69. The minimum absolute atomic E-state index is 0.118. The number of carbonyl (C=O) groups is 2. The van der Waals surface area contributed by atoms with Crippen LogP contribution in [0.5, 0.6) is 0 Å². The van der Waals surface area contributed by atoms with Gasteiger partial charge in [-0.25, -0.2) is 9.59 Å². The van der Waals surface area contributed by atoms with Crippen molar-refractivity contribution in [3.63, 3.8) is 0 Å². The van der Waals surface area contributed by atoms with Gasteiger partial charge in [0.25, 0.3) is 0 Å². The molecule has 7 heteroatoms. The van der Waals surface area contributed by atoms with E-state index < -0.39 is 18.0 Å². The first-order valence-electron chi connectivity index (χ1n) is 5.18. The van der Waals surface area contributed by atoms with E-state index in [0.717, 1.165) is 0 Å². The molecule has 0 bridgehead atoms. The van der Waals surface area contributed by atoms with Crippen molar-refractivity contribution >= 4 is 23.4 Å². The normalized spacial score (nSPS) is 11.6. The average molecular weight is 253 g/mol. The lowest BCUT2D eigenvalue weighted by molar-refractivity contribution is -0.140. The van der Waals surface area contributed by atoms with Crippen LogP contribution in [0.4, 0.5) is 16.2 Å². The Morgan fingerprint density at radius 2 is 2.11 bits per heavy atom. The Bertz CT molecular complexity index is 436. The number of aliphatic carboxylic acids is 1. The van der Waals surface area contributed by atoms with E-state index in [9.17, 15) is 9.59 Å². The molecule has 1 atom stereocenters. The highest BCUT2D eigenvalue weighted by Gasteiger charge is 2.19. The predicted molar refractivity (Wildman–Crippen MR) is 66.3 cm³/mol. The first-order valence-corrected chi connectivity index (χ1v) is 5.18. The minimum Gasteiger partial charge on any atom is -0.480 e. The Balaban J connectivity index is 2.61. The monoisotopic (exact) mass is 253 g/mol. The highest BCUT2D eigenvalue weighted by atomic mass is 16.5. The van der Waals surface area contributed by atoms with E-state index in [1.807, 2.05) is 0 Å². The van der Waals surface area contributed by atoms with E-state index in [4.69, 9.17) is 15.6 Å². The number of ether oxygens (including phenoxy) is 1. The number of carbonyl (C=O) groups excluding carboxylic acids is 1. The SMILES string of the molecule is COCC(NC(=O)Nc1ccccc1N)C(=O)O. The van der Waals surface area contributed by atoms with Gasteiger partial charge in [-0.3, -0.25) is 0 Å². The lowest BCUT2D eigenvalue weighted by atomic mass is 10.3. The number of urea groups is 1. The third-order valence-corrected chi connectivity index (χ3v) is 2.15. The maximum Gasteiger partial charge on any atom is 0.328 e. The summed E-state index contributed by atoms with van der Waals surface area (Å²) in [5.74, 6) is -1.17. The molecule has 0 saturated heterocycles. The van der Waals surface area contributed by atoms with Gasteiger partial charge in [0, 0.05) is 7.11 Å². The largest absolute Gasteiger partial charge is 0.480 e. The summed E-state index contributed by atoms with van der Waals surface area (Å²) in [6.07, 6.45) is 0. The van der Waals surface area contributed by atoms with Gasteiger partial charge in [-0.2, -0.15) is 0 Å². The van der Waals surface area contributed by atoms with Crippen LogP contribution in [0.15, 0.2) is 24.3 Å². The van der Waals surface area contributed by atoms with Crippen LogP contribution in [-0.2, 0) is 9.53 Å². The zero-order valence-corrected chi connectivity index (χ0v) is 9.84. The van der Waals surface area contributed by atoms with Crippen LogP contribution in [0.2, 0.25) is 0 Å². The molecule has 0 radical (unpaired) electrons. The number of hydrogen-bond acceptors (Lipinski definition) is 4. The number of carboxylic acid groups (broad SMARTS) is 1. The van der Waals surface area contributed by atoms with Crippen molar-refractivity contribution in [2.45, 2.75) is 6.04 Å². The van der Waals surface area contributed by atoms with Gasteiger partial charge >= 0.3 is 12.0 Å². The second kappa shape index (κ2) is 6.45. The lowest BCUT2D eigenvalue weighted by Crippen LogP contribution is -2.45. The Hall–Kier alpha value is -2.28. The van der Waals surface area contributed by atoms with E-state index in [2.05, 4.69) is 10.6 Å². The molecule has 1 unspecified atom stereocenters. The van der Waals surface area contributed by atoms with Gasteiger partial charge in [0.2, 0.25) is 0 Å². The summed E-state index contributed by atoms with van der Waals surface area (Å²) in [6.45, 7) is -0.118. The fourth-order valence-corrected chi connectivity index (χ4v) is 1.27. The zero-order valence-electron chi connectivity index (χ0n) is 9.84. The fourth-order valence-electron chi connectivity index (χ4n) is 1.27. The van der Waals surface area contributed by atoms with E-state index in [0.29, 0.717) is 11.4 Å². The molecule has 1 rings (SSSR count). The van der Waals surface area contributed by atoms with Gasteiger partial charge < -0.3 is 26.2 Å². The molecule has 0 aromatic heterocycles. The number of rotatable bonds is 5. The summed E-state index contributed by atoms with van der Waals surface area (Å²) >= 11 is 0. The molecule has 1 aromatic carbocycles. The number of anilines is 2. The van der Waals surface area contributed by atoms with Crippen molar-refractivity contribution in [2.24, 2.45) is 0 Å². The summed E-state index contributed by atoms with van der Waals surface area (Å²) in [5.41, 5.74) is 6.44. The van der Waals surface area contributed by atoms with Crippen molar-refractivity contribution in [3.8, 4) is 0 Å². The number of amides is 2. The number of nitrogen functional groups attached to an aromatic ring is 1. The molecule has 98 valence electrons. The third-order valence-electron chi connectivity index (χ3n) is 2.15. The third kappa shape index (κ3) is 3.95. The average Bonchev–Trinajstić information content (AvgIpc) is 2.31. The molecule has 0 aliphatic rings. The molecule has 0 heterocycles. The lowest BCUT2D eigenvalue weighted by Gasteiger charge is -2.14. The number of nitrogens with one attached hydrogen (secondary N) is 2. The van der Waals surface area contributed by atoms with Crippen LogP contribution in [-0.4, -0.2) is 36.9 Å². The molecule has 1 aromatic rings. The number of methoxy groups -OCH3 is 1. The molecular formula is C11H15N3O4. The van der Waals surface area contributed by atoms with E-state index >= 15 is 0 Å². The van der Waals surface area contributed by atoms with Crippen LogP contribution in [0, 0.1) is 0 Å². The van der Waals surface area contributed by atoms with Gasteiger partial charge in [0.15, 0.2) is 6.04 Å². The quantitative estimate of drug-likeness (QED) is 0.570. The predicted octanol–water partition coefficient (Wildman–Crippen LogP) is 0.490. The highest BCUT2D eigenvalue weighted by molar-refractivity contribution is 5.94. The van der Waals surface area contributed by atoms with Gasteiger partial charge in [0.05, 0.1) is 18.0 Å². The Morgan fingerprint density at radius 1 is 1.44 bits per heavy atom. The molecule has 5 N–H and O–H groups in total. The smallest absolute Gasteiger partial charge is 0.328 e. The summed E-state index contributed by atoms with van der Waals surface area (Å²) in [4.78, 5) is 22.4. The molecule has 0 aliphatic heterocycles. The number of benzene rings is 1. The summed E-state index contributed by atoms with van der Waals surface area (Å²) in [6, 6.07) is 4.90. The second-order valence-corrected chi connectivity index (χ2v) is 3.53. The Labute approximate surface area is 104 Å². The minimum atomic E-state index is -1.17. The standard InChI is InChI=1S/C11H15N3O4/c1-18-6-9(10(15)16)14-11(17)13-8-5-3-2-4-7(8)12/h2-5,9H,6,12H2,1H3,(H,15,16)(H2,13,14,17). The number of para-hydroxylation sites is 2. The molecule has 18 heavy (non-hydrogen) atoms. The van der Waals surface area contributed by atoms with Crippen molar-refractivity contribution in [1.82, 2.24) is 5.32 Å². The molecule has 0 spiro atoms. The molecule has 0 saturated carbocycles. The molecule has 2 amide bonds.